The molecule has 11 heavy (non-hydrogen) atoms. The zero-order valence-electron chi connectivity index (χ0n) is 5.78. The van der Waals surface area contributed by atoms with E-state index in [9.17, 15) is 0 Å². The van der Waals surface area contributed by atoms with E-state index >= 15 is 0 Å². The molecule has 0 spiro atoms. The second-order valence-electron chi connectivity index (χ2n) is 2.11. The molecule has 1 aromatic carbocycles. The highest BCUT2D eigenvalue weighted by Gasteiger charge is 1.96. The molecule has 2 aromatic rings. The lowest BCUT2D eigenvalue weighted by Gasteiger charge is -1.90. The first-order valence-electron chi connectivity index (χ1n) is 3.29. The van der Waals surface area contributed by atoms with Crippen molar-refractivity contribution in [1.29, 1.82) is 0 Å². The summed E-state index contributed by atoms with van der Waals surface area (Å²) in [6, 6.07) is 10.7. The van der Waals surface area contributed by atoms with Crippen LogP contribution in [0.5, 0.6) is 0 Å². The second kappa shape index (κ2) is 2.54. The average molecular weight is 144 g/mol. The Labute approximate surface area is 64.1 Å². The number of nitrogens with one attached hydrogen (secondary N) is 1. The van der Waals surface area contributed by atoms with Crippen molar-refractivity contribution in [2.45, 2.75) is 0 Å². The third kappa shape index (κ3) is 1.12. The molecule has 1 heterocycles. The van der Waals surface area contributed by atoms with Crippen molar-refractivity contribution >= 4 is 0 Å². The maximum Gasteiger partial charge on any atom is 0.156 e. The number of nitrogens with zero attached hydrogens (tertiary/aromatic N) is 2. The summed E-state index contributed by atoms with van der Waals surface area (Å²) in [7, 11) is 0. The zero-order chi connectivity index (χ0) is 7.52. The number of benzene rings is 1. The topological polar surface area (TPSA) is 41.6 Å². The molecular weight excluding hydrogens is 138 g/mol. The van der Waals surface area contributed by atoms with Crippen LogP contribution in [0.3, 0.4) is 0 Å². The summed E-state index contributed by atoms with van der Waals surface area (Å²) in [5.41, 5.74) is 0.935. The van der Waals surface area contributed by atoms with Crippen LogP contribution in [0.2, 0.25) is 0 Å². The Morgan fingerprint density at radius 2 is 2.36 bits per heavy atom. The van der Waals surface area contributed by atoms with Gasteiger partial charge in [0.1, 0.15) is 6.33 Å². The van der Waals surface area contributed by atoms with E-state index in [4.69, 9.17) is 0 Å². The van der Waals surface area contributed by atoms with E-state index in [0.717, 1.165) is 11.4 Å². The third-order valence-electron chi connectivity index (χ3n) is 1.38. The number of hydrogen-bond donors (Lipinski definition) is 1. The van der Waals surface area contributed by atoms with Gasteiger partial charge in [0, 0.05) is 5.56 Å². The van der Waals surface area contributed by atoms with Crippen LogP contribution in [0, 0.1) is 6.07 Å². The molecule has 0 amide bonds. The van der Waals surface area contributed by atoms with Gasteiger partial charge < -0.3 is 0 Å². The average Bonchev–Trinajstić information content (AvgIpc) is 2.58. The first kappa shape index (κ1) is 6.09. The van der Waals surface area contributed by atoms with E-state index in [1.165, 1.54) is 6.33 Å². The lowest BCUT2D eigenvalue weighted by molar-refractivity contribution is 1.09. The van der Waals surface area contributed by atoms with Crippen LogP contribution in [-0.2, 0) is 0 Å². The quantitative estimate of drug-likeness (QED) is 0.654. The van der Waals surface area contributed by atoms with Crippen LogP contribution in [0.4, 0.5) is 0 Å². The molecule has 3 heteroatoms. The summed E-state index contributed by atoms with van der Waals surface area (Å²) in [6.07, 6.45) is 1.48. The molecule has 1 aromatic heterocycles. The Bertz CT molecular complexity index is 312. The molecule has 0 aliphatic heterocycles. The molecule has 0 bridgehead atoms. The molecule has 0 unspecified atom stereocenters. The smallest absolute Gasteiger partial charge is 0.156 e. The summed E-state index contributed by atoms with van der Waals surface area (Å²) in [5, 5.41) is 6.50. The number of aromatic nitrogens is 3. The first-order chi connectivity index (χ1) is 5.47. The van der Waals surface area contributed by atoms with Gasteiger partial charge in [0.25, 0.3) is 0 Å². The Balaban J connectivity index is 2.46. The monoisotopic (exact) mass is 144 g/mol. The van der Waals surface area contributed by atoms with Gasteiger partial charge in [0.2, 0.25) is 0 Å². The predicted molar refractivity (Wildman–Crippen MR) is 40.7 cm³/mol. The highest BCUT2D eigenvalue weighted by Crippen LogP contribution is 2.10. The Hall–Kier alpha value is -1.64. The van der Waals surface area contributed by atoms with Crippen LogP contribution in [0.25, 0.3) is 11.4 Å². The van der Waals surface area contributed by atoms with E-state index in [1.54, 1.807) is 0 Å². The molecule has 3 nitrogen and oxygen atoms in total. The standard InChI is InChI=1S/C8H6N3/c1-2-4-7(5-3-1)8-9-6-10-11-8/h1-4,6H,(H,9,10,11). The fourth-order valence-corrected chi connectivity index (χ4v) is 0.876. The predicted octanol–water partition coefficient (Wildman–Crippen LogP) is 1.27. The molecule has 0 aliphatic carbocycles. The fraction of sp³-hybridized carbons (Fsp3) is 0. The van der Waals surface area contributed by atoms with Gasteiger partial charge in [0.05, 0.1) is 0 Å². The van der Waals surface area contributed by atoms with E-state index in [2.05, 4.69) is 21.2 Å². The van der Waals surface area contributed by atoms with Gasteiger partial charge in [-0.1, -0.05) is 24.3 Å². The summed E-state index contributed by atoms with van der Waals surface area (Å²) in [6.45, 7) is 0. The maximum atomic E-state index is 3.99. The van der Waals surface area contributed by atoms with Crippen LogP contribution in [0.15, 0.2) is 30.6 Å². The normalized spacial score (nSPS) is 9.82. The molecule has 1 N–H and O–H groups in total. The van der Waals surface area contributed by atoms with Gasteiger partial charge in [-0.25, -0.2) is 4.98 Å². The lowest BCUT2D eigenvalue weighted by Crippen LogP contribution is -1.78. The van der Waals surface area contributed by atoms with Crippen molar-refractivity contribution in [2.24, 2.45) is 0 Å². The summed E-state index contributed by atoms with van der Waals surface area (Å²) >= 11 is 0. The molecule has 0 saturated heterocycles. The van der Waals surface area contributed by atoms with E-state index in [0.29, 0.717) is 0 Å². The highest BCUT2D eigenvalue weighted by molar-refractivity contribution is 5.52. The van der Waals surface area contributed by atoms with Gasteiger partial charge in [0.15, 0.2) is 5.82 Å². The molecule has 0 fully saturated rings. The third-order valence-corrected chi connectivity index (χ3v) is 1.38. The van der Waals surface area contributed by atoms with Crippen LogP contribution in [0.1, 0.15) is 0 Å². The minimum absolute atomic E-state index is 0.755. The van der Waals surface area contributed by atoms with Crippen molar-refractivity contribution in [3.8, 4) is 11.4 Å². The summed E-state index contributed by atoms with van der Waals surface area (Å²) < 4.78 is 0. The number of H-pyrrole nitrogens is 1. The van der Waals surface area contributed by atoms with Crippen LogP contribution >= 0.6 is 0 Å². The largest absolute Gasteiger partial charge is 0.259 e. The number of hydrogen-bond acceptors (Lipinski definition) is 2. The molecule has 2 rings (SSSR count). The lowest BCUT2D eigenvalue weighted by atomic mass is 10.2. The van der Waals surface area contributed by atoms with Gasteiger partial charge in [-0.05, 0) is 6.07 Å². The Morgan fingerprint density at radius 1 is 1.36 bits per heavy atom. The van der Waals surface area contributed by atoms with Gasteiger partial charge in [-0.3, -0.25) is 5.10 Å². The van der Waals surface area contributed by atoms with Crippen molar-refractivity contribution in [2.75, 3.05) is 0 Å². The molecule has 1 radical (unpaired) electrons. The molecule has 53 valence electrons. The van der Waals surface area contributed by atoms with Gasteiger partial charge >= 0.3 is 0 Å². The van der Waals surface area contributed by atoms with Crippen LogP contribution < -0.4 is 0 Å². The maximum absolute atomic E-state index is 3.99. The SMILES string of the molecule is [c]1ccccc1-c1ncn[nH]1. The number of rotatable bonds is 1. The van der Waals surface area contributed by atoms with Gasteiger partial charge in [-0.2, -0.15) is 5.10 Å². The van der Waals surface area contributed by atoms with Crippen LogP contribution in [-0.4, -0.2) is 15.2 Å². The van der Waals surface area contributed by atoms with Crippen molar-refractivity contribution in [3.63, 3.8) is 0 Å². The number of aromatic amines is 1. The van der Waals surface area contributed by atoms with Crippen molar-refractivity contribution in [3.05, 3.63) is 36.7 Å². The Morgan fingerprint density at radius 3 is 3.00 bits per heavy atom. The first-order valence-corrected chi connectivity index (χ1v) is 3.29. The molecule has 0 atom stereocenters. The fourth-order valence-electron chi connectivity index (χ4n) is 0.876. The van der Waals surface area contributed by atoms with E-state index in [1.807, 2.05) is 24.3 Å². The second-order valence-corrected chi connectivity index (χ2v) is 2.11. The highest BCUT2D eigenvalue weighted by atomic mass is 15.2. The summed E-state index contributed by atoms with van der Waals surface area (Å²) in [4.78, 5) is 3.99. The Kier molecular flexibility index (Phi) is 1.41. The van der Waals surface area contributed by atoms with E-state index in [-0.39, 0.29) is 0 Å². The molecule has 0 aliphatic rings. The minimum atomic E-state index is 0.755. The van der Waals surface area contributed by atoms with E-state index < -0.39 is 0 Å². The minimum Gasteiger partial charge on any atom is -0.259 e. The molecular formula is C8H6N3. The van der Waals surface area contributed by atoms with Crippen molar-refractivity contribution in [1.82, 2.24) is 15.2 Å². The van der Waals surface area contributed by atoms with Gasteiger partial charge in [-0.15, -0.1) is 0 Å². The summed E-state index contributed by atoms with van der Waals surface area (Å²) in [5.74, 6) is 0.755. The molecule has 0 saturated carbocycles. The zero-order valence-corrected chi connectivity index (χ0v) is 5.78. The van der Waals surface area contributed by atoms with Crippen molar-refractivity contribution < 1.29 is 0 Å².